The minimum atomic E-state index is -0.575. The van der Waals surface area contributed by atoms with Gasteiger partial charge in [-0.25, -0.2) is 4.79 Å². The topological polar surface area (TPSA) is 64.4 Å². The average Bonchev–Trinajstić information content (AvgIpc) is 3.55. The van der Waals surface area contributed by atoms with Crippen molar-refractivity contribution in [1.82, 2.24) is 14.7 Å². The van der Waals surface area contributed by atoms with Crippen LogP contribution >= 0.6 is 0 Å². The molecule has 188 valence electrons. The van der Waals surface area contributed by atoms with Crippen LogP contribution < -0.4 is 0 Å². The van der Waals surface area contributed by atoms with Gasteiger partial charge in [0.15, 0.2) is 0 Å². The standard InChI is InChI=1S/C30H35N3O3/c1-19-7-6-8-20(2)27(19)21-9-11-22(12-10-21)28(34)33(24-13-14-24)25-15-16-26-23(17-25)18-32(31-26)29(35)36-30(3,4)5/h6-12,18,24-25H,13-17H2,1-5H3. The summed E-state index contributed by atoms with van der Waals surface area (Å²) < 4.78 is 6.79. The fourth-order valence-corrected chi connectivity index (χ4v) is 5.31. The predicted molar refractivity (Wildman–Crippen MR) is 140 cm³/mol. The second kappa shape index (κ2) is 9.23. The van der Waals surface area contributed by atoms with Crippen LogP contribution in [0.3, 0.4) is 0 Å². The number of ether oxygens (including phenoxy) is 1. The van der Waals surface area contributed by atoms with Gasteiger partial charge in [0.05, 0.1) is 5.69 Å². The number of rotatable bonds is 4. The number of aromatic nitrogens is 2. The Morgan fingerprint density at radius 1 is 0.972 bits per heavy atom. The highest BCUT2D eigenvalue weighted by molar-refractivity contribution is 5.95. The normalized spacial score (nSPS) is 17.4. The molecule has 1 atom stereocenters. The molecule has 2 aliphatic carbocycles. The third kappa shape index (κ3) is 4.95. The molecule has 0 N–H and O–H groups in total. The van der Waals surface area contributed by atoms with Crippen LogP contribution in [0.5, 0.6) is 0 Å². The molecule has 5 rings (SSSR count). The molecular weight excluding hydrogens is 450 g/mol. The SMILES string of the molecule is Cc1cccc(C)c1-c1ccc(C(=O)N(C2CC2)C2CCc3nn(C(=O)OC(C)(C)C)cc3C2)cc1. The first-order chi connectivity index (χ1) is 17.1. The number of carbonyl (C=O) groups is 2. The second-order valence-electron chi connectivity index (χ2n) is 11.2. The Morgan fingerprint density at radius 3 is 2.25 bits per heavy atom. The van der Waals surface area contributed by atoms with Crippen LogP contribution in [0, 0.1) is 13.8 Å². The lowest BCUT2D eigenvalue weighted by Gasteiger charge is -2.34. The minimum absolute atomic E-state index is 0.0959. The van der Waals surface area contributed by atoms with Crippen molar-refractivity contribution in [3.63, 3.8) is 0 Å². The average molecular weight is 486 g/mol. The summed E-state index contributed by atoms with van der Waals surface area (Å²) in [6, 6.07) is 14.8. The molecule has 6 nitrogen and oxygen atoms in total. The monoisotopic (exact) mass is 485 g/mol. The number of carbonyl (C=O) groups excluding carboxylic acids is 2. The van der Waals surface area contributed by atoms with E-state index in [2.05, 4.69) is 54.2 Å². The van der Waals surface area contributed by atoms with E-state index in [1.165, 1.54) is 21.4 Å². The van der Waals surface area contributed by atoms with Crippen LogP contribution in [0.25, 0.3) is 11.1 Å². The van der Waals surface area contributed by atoms with E-state index < -0.39 is 11.7 Å². The summed E-state index contributed by atoms with van der Waals surface area (Å²) in [5.74, 6) is 0.0959. The van der Waals surface area contributed by atoms with Crippen molar-refractivity contribution in [3.8, 4) is 11.1 Å². The van der Waals surface area contributed by atoms with Gasteiger partial charge in [-0.2, -0.15) is 9.78 Å². The number of benzene rings is 2. The lowest BCUT2D eigenvalue weighted by atomic mass is 9.91. The van der Waals surface area contributed by atoms with Crippen molar-refractivity contribution >= 4 is 12.0 Å². The zero-order chi connectivity index (χ0) is 25.6. The Bertz CT molecular complexity index is 1280. The van der Waals surface area contributed by atoms with Crippen molar-refractivity contribution in [2.24, 2.45) is 0 Å². The Hall–Kier alpha value is -3.41. The van der Waals surface area contributed by atoms with Gasteiger partial charge in [-0.05, 0) is 107 Å². The summed E-state index contributed by atoms with van der Waals surface area (Å²) in [7, 11) is 0. The molecule has 1 aromatic heterocycles. The van der Waals surface area contributed by atoms with Crippen molar-refractivity contribution in [2.45, 2.75) is 84.4 Å². The maximum absolute atomic E-state index is 13.7. The highest BCUT2D eigenvalue weighted by Gasteiger charge is 2.39. The molecule has 2 aliphatic rings. The first kappa shape index (κ1) is 24.3. The molecule has 0 bridgehead atoms. The predicted octanol–water partition coefficient (Wildman–Crippen LogP) is 6.11. The molecule has 0 radical (unpaired) electrons. The third-order valence-corrected chi connectivity index (χ3v) is 7.10. The minimum Gasteiger partial charge on any atom is -0.442 e. The lowest BCUT2D eigenvalue weighted by molar-refractivity contribution is 0.0513. The maximum atomic E-state index is 13.7. The van der Waals surface area contributed by atoms with E-state index in [1.807, 2.05) is 32.9 Å². The van der Waals surface area contributed by atoms with Crippen molar-refractivity contribution in [3.05, 3.63) is 76.6 Å². The van der Waals surface area contributed by atoms with E-state index in [9.17, 15) is 9.59 Å². The van der Waals surface area contributed by atoms with Gasteiger partial charge < -0.3 is 9.64 Å². The van der Waals surface area contributed by atoms with Gasteiger partial charge in [0, 0.05) is 23.8 Å². The Labute approximate surface area is 213 Å². The molecule has 2 aromatic carbocycles. The molecule has 1 heterocycles. The van der Waals surface area contributed by atoms with Crippen LogP contribution in [0.15, 0.2) is 48.7 Å². The summed E-state index contributed by atoms with van der Waals surface area (Å²) >= 11 is 0. The fraction of sp³-hybridized carbons (Fsp3) is 0.433. The summed E-state index contributed by atoms with van der Waals surface area (Å²) in [6.07, 6.45) is 5.72. The molecule has 1 unspecified atom stereocenters. The van der Waals surface area contributed by atoms with Gasteiger partial charge in [-0.15, -0.1) is 0 Å². The molecule has 1 amide bonds. The molecule has 0 saturated heterocycles. The van der Waals surface area contributed by atoms with Gasteiger partial charge in [-0.1, -0.05) is 30.3 Å². The molecule has 36 heavy (non-hydrogen) atoms. The Morgan fingerprint density at radius 2 is 1.64 bits per heavy atom. The summed E-state index contributed by atoms with van der Waals surface area (Å²) in [5, 5.41) is 4.48. The summed E-state index contributed by atoms with van der Waals surface area (Å²) in [5.41, 5.74) is 6.95. The smallest absolute Gasteiger partial charge is 0.435 e. The van der Waals surface area contributed by atoms with Crippen LogP contribution in [-0.4, -0.2) is 44.4 Å². The lowest BCUT2D eigenvalue weighted by Crippen LogP contribution is -2.44. The first-order valence-electron chi connectivity index (χ1n) is 12.9. The zero-order valence-electron chi connectivity index (χ0n) is 21.9. The fourth-order valence-electron chi connectivity index (χ4n) is 5.31. The van der Waals surface area contributed by atoms with Crippen LogP contribution in [0.1, 0.15) is 72.8 Å². The highest BCUT2D eigenvalue weighted by atomic mass is 16.6. The third-order valence-electron chi connectivity index (χ3n) is 7.10. The highest BCUT2D eigenvalue weighted by Crippen LogP contribution is 2.35. The zero-order valence-corrected chi connectivity index (χ0v) is 21.9. The number of nitrogens with zero attached hydrogens (tertiary/aromatic N) is 3. The number of aryl methyl sites for hydroxylation is 3. The van der Waals surface area contributed by atoms with Crippen LogP contribution in [0.4, 0.5) is 4.79 Å². The second-order valence-corrected chi connectivity index (χ2v) is 11.2. The molecular formula is C30H35N3O3. The maximum Gasteiger partial charge on any atom is 0.435 e. The van der Waals surface area contributed by atoms with Crippen molar-refractivity contribution in [2.75, 3.05) is 0 Å². The van der Waals surface area contributed by atoms with E-state index in [0.717, 1.165) is 48.1 Å². The van der Waals surface area contributed by atoms with Gasteiger partial charge in [0.25, 0.3) is 5.91 Å². The van der Waals surface area contributed by atoms with E-state index in [4.69, 9.17) is 4.74 Å². The number of amides is 1. The summed E-state index contributed by atoms with van der Waals surface area (Å²) in [4.78, 5) is 28.3. The summed E-state index contributed by atoms with van der Waals surface area (Å²) in [6.45, 7) is 9.78. The number of fused-ring (bicyclic) bond motifs is 1. The van der Waals surface area contributed by atoms with E-state index in [-0.39, 0.29) is 11.9 Å². The van der Waals surface area contributed by atoms with Crippen molar-refractivity contribution in [1.29, 1.82) is 0 Å². The first-order valence-corrected chi connectivity index (χ1v) is 12.9. The van der Waals surface area contributed by atoms with Gasteiger partial charge in [0.2, 0.25) is 0 Å². The molecule has 0 spiro atoms. The molecule has 1 saturated carbocycles. The number of hydrogen-bond acceptors (Lipinski definition) is 4. The Balaban J connectivity index is 1.34. The van der Waals surface area contributed by atoms with Gasteiger partial charge >= 0.3 is 6.09 Å². The molecule has 3 aromatic rings. The van der Waals surface area contributed by atoms with Crippen LogP contribution in [0.2, 0.25) is 0 Å². The van der Waals surface area contributed by atoms with E-state index >= 15 is 0 Å². The largest absolute Gasteiger partial charge is 0.442 e. The molecule has 1 fully saturated rings. The molecule has 0 aliphatic heterocycles. The van der Waals surface area contributed by atoms with Crippen molar-refractivity contribution < 1.29 is 14.3 Å². The number of hydrogen-bond donors (Lipinski definition) is 0. The van der Waals surface area contributed by atoms with E-state index in [0.29, 0.717) is 12.5 Å². The van der Waals surface area contributed by atoms with Crippen LogP contribution in [-0.2, 0) is 17.6 Å². The van der Waals surface area contributed by atoms with Gasteiger partial charge in [0.1, 0.15) is 5.60 Å². The van der Waals surface area contributed by atoms with E-state index in [1.54, 1.807) is 6.20 Å². The quantitative estimate of drug-likeness (QED) is 0.447. The Kier molecular flexibility index (Phi) is 6.23. The molecule has 6 heteroatoms. The van der Waals surface area contributed by atoms with Gasteiger partial charge in [-0.3, -0.25) is 4.79 Å².